The largest absolute Gasteiger partial charge is 0.417 e. The first-order valence-corrected chi connectivity index (χ1v) is 13.1. The number of benzene rings is 4. The van der Waals surface area contributed by atoms with Gasteiger partial charge in [0.25, 0.3) is 0 Å². The first kappa shape index (κ1) is 28.5. The van der Waals surface area contributed by atoms with Crippen molar-refractivity contribution in [3.8, 4) is 0 Å². The van der Waals surface area contributed by atoms with Crippen LogP contribution in [-0.2, 0) is 22.4 Å². The van der Waals surface area contributed by atoms with Gasteiger partial charge in [0.05, 0.1) is 5.56 Å². The van der Waals surface area contributed by atoms with E-state index in [4.69, 9.17) is 4.84 Å². The minimum atomic E-state index is -4.69. The summed E-state index contributed by atoms with van der Waals surface area (Å²) in [5, 5.41) is 5.10. The first-order chi connectivity index (χ1) is 20.0. The van der Waals surface area contributed by atoms with E-state index in [1.54, 1.807) is 55.5 Å². The summed E-state index contributed by atoms with van der Waals surface area (Å²) in [5.41, 5.74) is 1.62. The summed E-state index contributed by atoms with van der Waals surface area (Å²) in [5.74, 6) is -1.93. The SMILES string of the molecule is CCn1c2ccc(C(=O)/C(=N/OC(C)=O)c3ccccc3C)cc2c2cc(C(=O)c3ccccc3C(F)(F)F)ccc21. The standard InChI is InChI=1S/C33H25F3N2O4/c1-4-38-28-15-13-21(31(40)24-11-7-8-12-27(24)33(34,35)36)17-25(28)26-18-22(14-16-29(26)38)32(41)30(37-42-20(3)39)23-10-6-5-9-19(23)2/h5-18H,4H2,1-3H3/b37-30+. The van der Waals surface area contributed by atoms with Crippen molar-refractivity contribution < 1.29 is 32.4 Å². The Bertz CT molecular complexity index is 1920. The van der Waals surface area contributed by atoms with E-state index in [2.05, 4.69) is 5.16 Å². The van der Waals surface area contributed by atoms with Gasteiger partial charge in [0.1, 0.15) is 0 Å². The normalized spacial score (nSPS) is 12.1. The Morgan fingerprint density at radius 2 is 1.38 bits per heavy atom. The molecule has 212 valence electrons. The molecule has 42 heavy (non-hydrogen) atoms. The molecular formula is C33H25F3N2O4. The Balaban J connectivity index is 1.66. The lowest BCUT2D eigenvalue weighted by Crippen LogP contribution is -2.18. The fourth-order valence-corrected chi connectivity index (χ4v) is 5.11. The minimum Gasteiger partial charge on any atom is -0.341 e. The highest BCUT2D eigenvalue weighted by molar-refractivity contribution is 6.51. The predicted molar refractivity (Wildman–Crippen MR) is 154 cm³/mol. The monoisotopic (exact) mass is 570 g/mol. The maximum atomic E-state index is 13.8. The smallest absolute Gasteiger partial charge is 0.341 e. The van der Waals surface area contributed by atoms with Gasteiger partial charge in [-0.05, 0) is 61.9 Å². The highest BCUT2D eigenvalue weighted by Gasteiger charge is 2.35. The van der Waals surface area contributed by atoms with E-state index >= 15 is 0 Å². The maximum absolute atomic E-state index is 13.8. The molecular weight excluding hydrogens is 545 g/mol. The molecule has 4 aromatic carbocycles. The highest BCUT2D eigenvalue weighted by Crippen LogP contribution is 2.35. The van der Waals surface area contributed by atoms with Gasteiger partial charge in [-0.1, -0.05) is 47.6 Å². The molecule has 0 radical (unpaired) electrons. The van der Waals surface area contributed by atoms with Crippen molar-refractivity contribution in [3.05, 3.63) is 118 Å². The van der Waals surface area contributed by atoms with Gasteiger partial charge in [0.15, 0.2) is 11.5 Å². The average molecular weight is 571 g/mol. The molecule has 0 N–H and O–H groups in total. The molecule has 0 spiro atoms. The summed E-state index contributed by atoms with van der Waals surface area (Å²) in [6.07, 6.45) is -4.69. The van der Waals surface area contributed by atoms with Crippen molar-refractivity contribution in [2.75, 3.05) is 0 Å². The van der Waals surface area contributed by atoms with Gasteiger partial charge < -0.3 is 9.40 Å². The highest BCUT2D eigenvalue weighted by atomic mass is 19.4. The third kappa shape index (κ3) is 5.21. The van der Waals surface area contributed by atoms with Gasteiger partial charge in [0.2, 0.25) is 5.78 Å². The average Bonchev–Trinajstić information content (AvgIpc) is 3.29. The number of halogens is 3. The van der Waals surface area contributed by atoms with Crippen LogP contribution < -0.4 is 0 Å². The molecule has 0 unspecified atom stereocenters. The van der Waals surface area contributed by atoms with Crippen molar-refractivity contribution in [1.29, 1.82) is 0 Å². The van der Waals surface area contributed by atoms with E-state index in [0.717, 1.165) is 28.7 Å². The van der Waals surface area contributed by atoms with E-state index in [0.29, 0.717) is 22.9 Å². The molecule has 0 amide bonds. The van der Waals surface area contributed by atoms with Gasteiger partial charge >= 0.3 is 12.1 Å². The van der Waals surface area contributed by atoms with Crippen LogP contribution in [0.5, 0.6) is 0 Å². The number of Topliss-reactive ketones (excluding diaryl/α,β-unsaturated/α-hetero) is 1. The Labute approximate surface area is 239 Å². The summed E-state index contributed by atoms with van der Waals surface area (Å²) in [6, 6.07) is 21.6. The number of fused-ring (bicyclic) bond motifs is 3. The van der Waals surface area contributed by atoms with Crippen LogP contribution >= 0.6 is 0 Å². The van der Waals surface area contributed by atoms with Gasteiger partial charge in [-0.2, -0.15) is 13.2 Å². The second kappa shape index (κ2) is 11.1. The number of carbonyl (C=O) groups excluding carboxylic acids is 3. The van der Waals surface area contributed by atoms with Crippen molar-refractivity contribution in [1.82, 2.24) is 4.57 Å². The summed E-state index contributed by atoms with van der Waals surface area (Å²) in [7, 11) is 0. The predicted octanol–water partition coefficient (Wildman–Crippen LogP) is 7.52. The van der Waals surface area contributed by atoms with Crippen LogP contribution in [-0.4, -0.2) is 27.8 Å². The lowest BCUT2D eigenvalue weighted by atomic mass is 9.95. The summed E-state index contributed by atoms with van der Waals surface area (Å²) in [6.45, 7) is 5.50. The van der Waals surface area contributed by atoms with Crippen LogP contribution in [0.2, 0.25) is 0 Å². The van der Waals surface area contributed by atoms with Crippen LogP contribution in [0.15, 0.2) is 90.1 Å². The fraction of sp³-hybridized carbons (Fsp3) is 0.152. The van der Waals surface area contributed by atoms with E-state index < -0.39 is 34.8 Å². The number of ketones is 2. The third-order valence-corrected chi connectivity index (χ3v) is 7.06. The van der Waals surface area contributed by atoms with Crippen LogP contribution in [0.25, 0.3) is 21.8 Å². The Kier molecular flexibility index (Phi) is 7.51. The van der Waals surface area contributed by atoms with E-state index in [9.17, 15) is 27.6 Å². The van der Waals surface area contributed by atoms with Crippen molar-refractivity contribution >= 4 is 45.1 Å². The second-order valence-electron chi connectivity index (χ2n) is 9.75. The third-order valence-electron chi connectivity index (χ3n) is 7.06. The van der Waals surface area contributed by atoms with Crippen LogP contribution in [0.4, 0.5) is 13.2 Å². The van der Waals surface area contributed by atoms with Crippen molar-refractivity contribution in [2.24, 2.45) is 5.16 Å². The zero-order valence-corrected chi connectivity index (χ0v) is 23.0. The number of alkyl halides is 3. The number of carbonyl (C=O) groups is 3. The molecule has 0 saturated carbocycles. The van der Waals surface area contributed by atoms with Crippen LogP contribution in [0.1, 0.15) is 56.8 Å². The van der Waals surface area contributed by atoms with E-state index in [1.807, 2.05) is 17.6 Å². The quantitative estimate of drug-likeness (QED) is 0.0878. The molecule has 6 nitrogen and oxygen atoms in total. The molecule has 0 bridgehead atoms. The molecule has 0 aliphatic heterocycles. The van der Waals surface area contributed by atoms with Crippen molar-refractivity contribution in [2.45, 2.75) is 33.5 Å². The number of nitrogens with zero attached hydrogens (tertiary/aromatic N) is 2. The van der Waals surface area contributed by atoms with Crippen molar-refractivity contribution in [3.63, 3.8) is 0 Å². The van der Waals surface area contributed by atoms with Crippen LogP contribution in [0, 0.1) is 6.92 Å². The Morgan fingerprint density at radius 1 is 0.810 bits per heavy atom. The number of aryl methyl sites for hydroxylation is 2. The zero-order chi connectivity index (χ0) is 30.2. The number of aromatic nitrogens is 1. The molecule has 5 rings (SSSR count). The summed E-state index contributed by atoms with van der Waals surface area (Å²) < 4.78 is 42.9. The van der Waals surface area contributed by atoms with Gasteiger partial charge in [-0.3, -0.25) is 9.59 Å². The molecule has 5 aromatic rings. The molecule has 9 heteroatoms. The van der Waals surface area contributed by atoms with Gasteiger partial charge in [0, 0.05) is 57.5 Å². The number of rotatable bonds is 7. The van der Waals surface area contributed by atoms with E-state index in [-0.39, 0.29) is 16.8 Å². The first-order valence-electron chi connectivity index (χ1n) is 13.1. The molecule has 0 aliphatic rings. The minimum absolute atomic E-state index is 0.0542. The number of oxime groups is 1. The van der Waals surface area contributed by atoms with E-state index in [1.165, 1.54) is 25.1 Å². The van der Waals surface area contributed by atoms with Crippen LogP contribution in [0.3, 0.4) is 0 Å². The Morgan fingerprint density at radius 3 is 1.98 bits per heavy atom. The fourth-order valence-electron chi connectivity index (χ4n) is 5.11. The Hall–Kier alpha value is -5.05. The molecule has 0 atom stereocenters. The summed E-state index contributed by atoms with van der Waals surface area (Å²) >= 11 is 0. The maximum Gasteiger partial charge on any atom is 0.417 e. The molecule has 0 fully saturated rings. The molecule has 1 heterocycles. The molecule has 1 aromatic heterocycles. The molecule has 0 aliphatic carbocycles. The van der Waals surface area contributed by atoms with Gasteiger partial charge in [-0.25, -0.2) is 4.79 Å². The number of hydrogen-bond acceptors (Lipinski definition) is 5. The summed E-state index contributed by atoms with van der Waals surface area (Å²) in [4.78, 5) is 43.5. The molecule has 0 saturated heterocycles. The topological polar surface area (TPSA) is 77.7 Å². The van der Waals surface area contributed by atoms with Gasteiger partial charge in [-0.15, -0.1) is 0 Å². The number of hydrogen-bond donors (Lipinski definition) is 0. The lowest BCUT2D eigenvalue weighted by Gasteiger charge is -2.12. The zero-order valence-electron chi connectivity index (χ0n) is 23.0. The lowest BCUT2D eigenvalue weighted by molar-refractivity contribution is -0.141. The second-order valence-corrected chi connectivity index (χ2v) is 9.75.